The molecular weight excluding hydrogens is 384 g/mol. The molecule has 0 amide bonds. The molecule has 1 aliphatic rings. The highest BCUT2D eigenvalue weighted by Crippen LogP contribution is 2.32. The number of aryl methyl sites for hydroxylation is 2. The molecule has 0 radical (unpaired) electrons. The van der Waals surface area contributed by atoms with Crippen molar-refractivity contribution in [3.8, 4) is 5.69 Å². The second-order valence-corrected chi connectivity index (χ2v) is 8.58. The van der Waals surface area contributed by atoms with E-state index in [0.29, 0.717) is 5.75 Å². The first-order chi connectivity index (χ1) is 12.6. The number of rotatable bonds is 4. The second-order valence-electron chi connectivity index (χ2n) is 6.12. The third-order valence-corrected chi connectivity index (χ3v) is 6.74. The molecule has 26 heavy (non-hydrogen) atoms. The maximum atomic E-state index is 13.1. The molecule has 0 atom stereocenters. The van der Waals surface area contributed by atoms with Crippen molar-refractivity contribution in [3.63, 3.8) is 0 Å². The van der Waals surface area contributed by atoms with Gasteiger partial charge in [0.1, 0.15) is 0 Å². The average Bonchev–Trinajstić information content (AvgIpc) is 3.11. The Bertz CT molecular complexity index is 1020. The van der Waals surface area contributed by atoms with Crippen LogP contribution in [-0.4, -0.2) is 15.3 Å². The van der Waals surface area contributed by atoms with E-state index in [2.05, 4.69) is 0 Å². The molecule has 0 aliphatic carbocycles. The molecule has 1 aliphatic heterocycles. The van der Waals surface area contributed by atoms with E-state index in [1.807, 2.05) is 55.5 Å². The lowest BCUT2D eigenvalue weighted by Crippen LogP contribution is -2.23. The molecule has 6 heteroatoms. The highest BCUT2D eigenvalue weighted by Gasteiger charge is 2.22. The van der Waals surface area contributed by atoms with Gasteiger partial charge in [-0.3, -0.25) is 9.36 Å². The van der Waals surface area contributed by atoms with Gasteiger partial charge in [0.05, 0.1) is 16.3 Å². The molecule has 0 saturated heterocycles. The molecule has 0 saturated carbocycles. The first kappa shape index (κ1) is 17.7. The van der Waals surface area contributed by atoms with Crippen molar-refractivity contribution in [3.05, 3.63) is 80.7 Å². The monoisotopic (exact) mass is 400 g/mol. The van der Waals surface area contributed by atoms with Crippen molar-refractivity contribution in [1.82, 2.24) is 9.55 Å². The minimum Gasteiger partial charge on any atom is -0.268 e. The van der Waals surface area contributed by atoms with E-state index in [0.717, 1.165) is 49.8 Å². The fraction of sp³-hybridized carbons (Fsp3) is 0.200. The Labute approximate surface area is 165 Å². The largest absolute Gasteiger partial charge is 0.272 e. The maximum absolute atomic E-state index is 13.1. The number of aromatic nitrogens is 2. The summed E-state index contributed by atoms with van der Waals surface area (Å²) in [5, 5.41) is 1.46. The number of halogens is 1. The van der Waals surface area contributed by atoms with Crippen LogP contribution < -0.4 is 5.56 Å². The van der Waals surface area contributed by atoms with Gasteiger partial charge in [0.15, 0.2) is 5.16 Å². The SMILES string of the molecule is Cc1ccc(-n2c(SCc3ccccc3Cl)nc3c(c2=O)SCC3)cc1. The minimum atomic E-state index is 0.0306. The van der Waals surface area contributed by atoms with Gasteiger partial charge in [0.2, 0.25) is 0 Å². The van der Waals surface area contributed by atoms with Gasteiger partial charge < -0.3 is 0 Å². The Morgan fingerprint density at radius 2 is 1.96 bits per heavy atom. The number of benzene rings is 2. The van der Waals surface area contributed by atoms with Gasteiger partial charge in [-0.25, -0.2) is 4.98 Å². The molecule has 0 unspecified atom stereocenters. The van der Waals surface area contributed by atoms with Crippen LogP contribution in [0.25, 0.3) is 5.69 Å². The summed E-state index contributed by atoms with van der Waals surface area (Å²) in [7, 11) is 0. The number of fused-ring (bicyclic) bond motifs is 1. The van der Waals surface area contributed by atoms with E-state index in [4.69, 9.17) is 16.6 Å². The zero-order valence-electron chi connectivity index (χ0n) is 14.2. The average molecular weight is 401 g/mol. The quantitative estimate of drug-likeness (QED) is 0.449. The standard InChI is InChI=1S/C20H17ClN2OS2/c1-13-6-8-15(9-7-13)23-19(24)18-17(10-11-25-18)22-20(23)26-12-14-4-2-3-5-16(14)21/h2-9H,10-12H2,1H3. The van der Waals surface area contributed by atoms with Crippen LogP contribution in [0.1, 0.15) is 16.8 Å². The number of nitrogens with zero attached hydrogens (tertiary/aromatic N) is 2. The molecule has 3 nitrogen and oxygen atoms in total. The minimum absolute atomic E-state index is 0.0306. The Morgan fingerprint density at radius 1 is 1.19 bits per heavy atom. The maximum Gasteiger partial charge on any atom is 0.272 e. The number of thioether (sulfide) groups is 2. The predicted molar refractivity (Wildman–Crippen MR) is 110 cm³/mol. The van der Waals surface area contributed by atoms with Gasteiger partial charge in [0.25, 0.3) is 5.56 Å². The molecule has 0 N–H and O–H groups in total. The van der Waals surface area contributed by atoms with Gasteiger partial charge in [-0.15, -0.1) is 11.8 Å². The zero-order valence-corrected chi connectivity index (χ0v) is 16.6. The Kier molecular flexibility index (Phi) is 5.11. The van der Waals surface area contributed by atoms with Crippen LogP contribution in [0.15, 0.2) is 63.4 Å². The van der Waals surface area contributed by atoms with Crippen LogP contribution in [-0.2, 0) is 12.2 Å². The van der Waals surface area contributed by atoms with Crippen molar-refractivity contribution in [1.29, 1.82) is 0 Å². The normalized spacial score (nSPS) is 13.0. The van der Waals surface area contributed by atoms with Gasteiger partial charge in [0, 0.05) is 22.9 Å². The topological polar surface area (TPSA) is 34.9 Å². The molecule has 1 aromatic heterocycles. The van der Waals surface area contributed by atoms with Crippen LogP contribution in [0.2, 0.25) is 5.02 Å². The molecule has 2 aromatic carbocycles. The Hall–Kier alpha value is -1.69. The van der Waals surface area contributed by atoms with E-state index in [1.54, 1.807) is 28.1 Å². The first-order valence-electron chi connectivity index (χ1n) is 8.35. The number of hydrogen-bond acceptors (Lipinski definition) is 4. The van der Waals surface area contributed by atoms with Crippen molar-refractivity contribution in [2.24, 2.45) is 0 Å². The third kappa shape index (κ3) is 3.43. The molecule has 0 fully saturated rings. The summed E-state index contributed by atoms with van der Waals surface area (Å²) in [6.45, 7) is 2.04. The van der Waals surface area contributed by atoms with Crippen molar-refractivity contribution >= 4 is 35.1 Å². The van der Waals surface area contributed by atoms with Crippen LogP contribution in [0.3, 0.4) is 0 Å². The van der Waals surface area contributed by atoms with Crippen LogP contribution in [0.4, 0.5) is 0 Å². The lowest BCUT2D eigenvalue weighted by molar-refractivity contribution is 0.739. The highest BCUT2D eigenvalue weighted by atomic mass is 35.5. The fourth-order valence-electron chi connectivity index (χ4n) is 2.87. The molecule has 3 aromatic rings. The van der Waals surface area contributed by atoms with E-state index in [-0.39, 0.29) is 5.56 Å². The lowest BCUT2D eigenvalue weighted by atomic mass is 10.2. The van der Waals surface area contributed by atoms with Crippen LogP contribution in [0.5, 0.6) is 0 Å². The third-order valence-electron chi connectivity index (χ3n) is 4.27. The van der Waals surface area contributed by atoms with Gasteiger partial charge in [-0.2, -0.15) is 0 Å². The van der Waals surface area contributed by atoms with E-state index >= 15 is 0 Å². The van der Waals surface area contributed by atoms with E-state index < -0.39 is 0 Å². The number of hydrogen-bond donors (Lipinski definition) is 0. The predicted octanol–water partition coefficient (Wildman–Crippen LogP) is 5.13. The zero-order chi connectivity index (χ0) is 18.1. The van der Waals surface area contributed by atoms with Crippen molar-refractivity contribution in [2.45, 2.75) is 29.1 Å². The summed E-state index contributed by atoms with van der Waals surface area (Å²) < 4.78 is 1.73. The van der Waals surface area contributed by atoms with Gasteiger partial charge >= 0.3 is 0 Å². The fourth-order valence-corrected chi connectivity index (χ4v) is 5.21. The molecule has 0 bridgehead atoms. The van der Waals surface area contributed by atoms with Gasteiger partial charge in [-0.1, -0.05) is 59.3 Å². The second kappa shape index (κ2) is 7.51. The molecular formula is C20H17ClN2OS2. The van der Waals surface area contributed by atoms with Crippen LogP contribution in [0, 0.1) is 6.92 Å². The Balaban J connectivity index is 1.78. The summed E-state index contributed by atoms with van der Waals surface area (Å²) >= 11 is 9.44. The summed E-state index contributed by atoms with van der Waals surface area (Å²) in [5.41, 5.74) is 4.01. The summed E-state index contributed by atoms with van der Waals surface area (Å²) in [4.78, 5) is 18.7. The molecule has 0 spiro atoms. The Morgan fingerprint density at radius 3 is 2.73 bits per heavy atom. The summed E-state index contributed by atoms with van der Waals surface area (Å²) in [5.74, 6) is 1.59. The summed E-state index contributed by atoms with van der Waals surface area (Å²) in [6.07, 6.45) is 0.851. The molecule has 2 heterocycles. The molecule has 132 valence electrons. The summed E-state index contributed by atoms with van der Waals surface area (Å²) in [6, 6.07) is 15.8. The van der Waals surface area contributed by atoms with E-state index in [1.165, 1.54) is 0 Å². The smallest absolute Gasteiger partial charge is 0.268 e. The van der Waals surface area contributed by atoms with Crippen LogP contribution >= 0.6 is 35.1 Å². The van der Waals surface area contributed by atoms with E-state index in [9.17, 15) is 4.79 Å². The first-order valence-corrected chi connectivity index (χ1v) is 10.7. The van der Waals surface area contributed by atoms with Crippen molar-refractivity contribution in [2.75, 3.05) is 5.75 Å². The lowest BCUT2D eigenvalue weighted by Gasteiger charge is -2.14. The van der Waals surface area contributed by atoms with Crippen molar-refractivity contribution < 1.29 is 0 Å². The highest BCUT2D eigenvalue weighted by molar-refractivity contribution is 7.99. The van der Waals surface area contributed by atoms with Gasteiger partial charge in [-0.05, 0) is 30.7 Å². The molecule has 4 rings (SSSR count).